The van der Waals surface area contributed by atoms with Crippen LogP contribution in [0, 0.1) is 0 Å². The molecule has 1 spiro atoms. The monoisotopic (exact) mass is 359 g/mol. The maximum atomic E-state index is 12.5. The van der Waals surface area contributed by atoms with E-state index < -0.39 is 0 Å². The lowest BCUT2D eigenvalue weighted by atomic mass is 9.90. The van der Waals surface area contributed by atoms with E-state index in [1.807, 2.05) is 7.05 Å². The highest BCUT2D eigenvalue weighted by molar-refractivity contribution is 5.92. The third-order valence-electron chi connectivity index (χ3n) is 5.65. The number of aromatic nitrogens is 2. The maximum absolute atomic E-state index is 12.5. The molecular formula is C18H25N5O3. The van der Waals surface area contributed by atoms with Crippen molar-refractivity contribution >= 4 is 11.8 Å². The molecule has 2 saturated heterocycles. The first-order chi connectivity index (χ1) is 12.6. The van der Waals surface area contributed by atoms with Crippen LogP contribution >= 0.6 is 0 Å². The van der Waals surface area contributed by atoms with Gasteiger partial charge in [0.05, 0.1) is 25.9 Å². The van der Waals surface area contributed by atoms with Crippen LogP contribution in [0.5, 0.6) is 0 Å². The van der Waals surface area contributed by atoms with E-state index in [-0.39, 0.29) is 23.5 Å². The Bertz CT molecular complexity index is 671. The van der Waals surface area contributed by atoms with Gasteiger partial charge in [-0.1, -0.05) is 12.8 Å². The van der Waals surface area contributed by atoms with E-state index in [0.717, 1.165) is 12.8 Å². The third-order valence-corrected chi connectivity index (χ3v) is 5.65. The van der Waals surface area contributed by atoms with E-state index in [0.29, 0.717) is 38.0 Å². The number of morpholine rings is 1. The normalized spacial score (nSPS) is 25.9. The quantitative estimate of drug-likeness (QED) is 0.821. The highest BCUT2D eigenvalue weighted by Crippen LogP contribution is 2.31. The SMILES string of the molecule is CN1CC2(CN(C(=O)c3cnccn3)C2)OC[C@H]1C(=O)NC1CCCC1. The van der Waals surface area contributed by atoms with Crippen molar-refractivity contribution in [3.05, 3.63) is 24.3 Å². The number of amides is 2. The van der Waals surface area contributed by atoms with Crippen LogP contribution in [-0.2, 0) is 9.53 Å². The molecule has 2 amide bonds. The second kappa shape index (κ2) is 6.92. The minimum Gasteiger partial charge on any atom is -0.368 e. The van der Waals surface area contributed by atoms with Crippen LogP contribution in [0.1, 0.15) is 36.2 Å². The van der Waals surface area contributed by atoms with Gasteiger partial charge in [0.1, 0.15) is 17.3 Å². The zero-order valence-corrected chi connectivity index (χ0v) is 15.1. The molecule has 3 fully saturated rings. The zero-order valence-electron chi connectivity index (χ0n) is 15.1. The van der Waals surface area contributed by atoms with Crippen molar-refractivity contribution < 1.29 is 14.3 Å². The second-order valence-electron chi connectivity index (χ2n) is 7.67. The fraction of sp³-hybridized carbons (Fsp3) is 0.667. The van der Waals surface area contributed by atoms with E-state index in [9.17, 15) is 9.59 Å². The molecule has 2 aliphatic heterocycles. The lowest BCUT2D eigenvalue weighted by molar-refractivity contribution is -0.187. The Morgan fingerprint density at radius 2 is 2.00 bits per heavy atom. The Kier molecular flexibility index (Phi) is 4.62. The molecule has 26 heavy (non-hydrogen) atoms. The smallest absolute Gasteiger partial charge is 0.274 e. The number of hydrogen-bond acceptors (Lipinski definition) is 6. The van der Waals surface area contributed by atoms with Crippen molar-refractivity contribution in [1.29, 1.82) is 0 Å². The maximum Gasteiger partial charge on any atom is 0.274 e. The lowest BCUT2D eigenvalue weighted by Gasteiger charge is -2.54. The van der Waals surface area contributed by atoms with Crippen molar-refractivity contribution in [2.75, 3.05) is 33.3 Å². The first-order valence-corrected chi connectivity index (χ1v) is 9.26. The molecule has 1 aliphatic carbocycles. The third kappa shape index (κ3) is 3.31. The minimum atomic E-state index is -0.378. The highest BCUT2D eigenvalue weighted by atomic mass is 16.5. The molecule has 1 aromatic rings. The molecule has 4 rings (SSSR count). The van der Waals surface area contributed by atoms with Gasteiger partial charge in [-0.05, 0) is 19.9 Å². The molecule has 1 saturated carbocycles. The first-order valence-electron chi connectivity index (χ1n) is 9.26. The van der Waals surface area contributed by atoms with Crippen LogP contribution in [0.15, 0.2) is 18.6 Å². The van der Waals surface area contributed by atoms with Gasteiger partial charge in [0.15, 0.2) is 0 Å². The number of rotatable bonds is 3. The molecule has 3 aliphatic rings. The Labute approximate surface area is 152 Å². The first kappa shape index (κ1) is 17.4. The number of hydrogen-bond donors (Lipinski definition) is 1. The molecule has 1 atom stereocenters. The van der Waals surface area contributed by atoms with E-state index in [1.165, 1.54) is 25.2 Å². The topological polar surface area (TPSA) is 87.7 Å². The average Bonchev–Trinajstić information content (AvgIpc) is 3.12. The zero-order chi connectivity index (χ0) is 18.1. The Balaban J connectivity index is 1.30. The molecule has 0 radical (unpaired) electrons. The van der Waals surface area contributed by atoms with Gasteiger partial charge < -0.3 is 15.0 Å². The summed E-state index contributed by atoms with van der Waals surface area (Å²) in [7, 11) is 1.95. The average molecular weight is 359 g/mol. The summed E-state index contributed by atoms with van der Waals surface area (Å²) in [5.41, 5.74) is -0.0307. The Morgan fingerprint density at radius 3 is 2.65 bits per heavy atom. The summed E-state index contributed by atoms with van der Waals surface area (Å²) in [6.45, 7) is 2.04. The molecule has 0 bridgehead atoms. The number of ether oxygens (including phenoxy) is 1. The number of carbonyl (C=O) groups excluding carboxylic acids is 2. The number of likely N-dealkylation sites (N-methyl/N-ethyl adjacent to an activating group) is 1. The van der Waals surface area contributed by atoms with Crippen LogP contribution in [0.3, 0.4) is 0 Å². The van der Waals surface area contributed by atoms with Crippen LogP contribution in [0.4, 0.5) is 0 Å². The number of carbonyl (C=O) groups is 2. The summed E-state index contributed by atoms with van der Waals surface area (Å²) in [5.74, 6) is -0.0721. The lowest BCUT2D eigenvalue weighted by Crippen LogP contribution is -2.73. The van der Waals surface area contributed by atoms with Crippen LogP contribution in [-0.4, -0.2) is 82.6 Å². The van der Waals surface area contributed by atoms with Crippen molar-refractivity contribution in [3.8, 4) is 0 Å². The summed E-state index contributed by atoms with van der Waals surface area (Å²) in [4.78, 5) is 36.7. The second-order valence-corrected chi connectivity index (χ2v) is 7.67. The number of nitrogens with one attached hydrogen (secondary N) is 1. The molecule has 8 nitrogen and oxygen atoms in total. The summed E-state index contributed by atoms with van der Waals surface area (Å²) in [6, 6.07) is 0.0570. The van der Waals surface area contributed by atoms with Crippen LogP contribution < -0.4 is 5.32 Å². The van der Waals surface area contributed by atoms with Crippen molar-refractivity contribution in [1.82, 2.24) is 25.1 Å². The fourth-order valence-electron chi connectivity index (χ4n) is 4.19. The van der Waals surface area contributed by atoms with Gasteiger partial charge in [-0.2, -0.15) is 0 Å². The Morgan fingerprint density at radius 1 is 1.23 bits per heavy atom. The van der Waals surface area contributed by atoms with Crippen molar-refractivity contribution in [3.63, 3.8) is 0 Å². The molecular weight excluding hydrogens is 334 g/mol. The summed E-state index contributed by atoms with van der Waals surface area (Å²) in [6.07, 6.45) is 9.08. The highest BCUT2D eigenvalue weighted by Gasteiger charge is 2.51. The fourth-order valence-corrected chi connectivity index (χ4v) is 4.19. The number of nitrogens with zero attached hydrogens (tertiary/aromatic N) is 4. The molecule has 3 heterocycles. The molecule has 140 valence electrons. The number of likely N-dealkylation sites (tertiary alicyclic amines) is 1. The predicted molar refractivity (Wildman–Crippen MR) is 93.4 cm³/mol. The minimum absolute atomic E-state index is 0.0565. The Hall–Kier alpha value is -2.06. The molecule has 1 N–H and O–H groups in total. The van der Waals surface area contributed by atoms with Gasteiger partial charge >= 0.3 is 0 Å². The standard InChI is InChI=1S/C18H25N5O3/c1-22-10-18(11-23(12-18)17(25)14-8-19-6-7-20-14)26-9-15(22)16(24)21-13-4-2-3-5-13/h6-8,13,15H,2-5,9-12H2,1H3,(H,21,24)/t15-/m0/s1. The molecule has 0 aromatic carbocycles. The summed E-state index contributed by atoms with van der Waals surface area (Å²) in [5, 5.41) is 3.15. The largest absolute Gasteiger partial charge is 0.368 e. The van der Waals surface area contributed by atoms with Crippen LogP contribution in [0.25, 0.3) is 0 Å². The van der Waals surface area contributed by atoms with Gasteiger partial charge in [0.2, 0.25) is 5.91 Å². The molecule has 8 heteroatoms. The summed E-state index contributed by atoms with van der Waals surface area (Å²) < 4.78 is 6.05. The molecule has 0 unspecified atom stereocenters. The van der Waals surface area contributed by atoms with Crippen molar-refractivity contribution in [2.45, 2.75) is 43.4 Å². The van der Waals surface area contributed by atoms with E-state index in [4.69, 9.17) is 4.74 Å². The van der Waals surface area contributed by atoms with E-state index in [1.54, 1.807) is 11.1 Å². The van der Waals surface area contributed by atoms with Gasteiger partial charge in [0.25, 0.3) is 5.91 Å². The van der Waals surface area contributed by atoms with E-state index in [2.05, 4.69) is 20.2 Å². The summed E-state index contributed by atoms with van der Waals surface area (Å²) >= 11 is 0. The molecule has 1 aromatic heterocycles. The van der Waals surface area contributed by atoms with Gasteiger partial charge in [-0.15, -0.1) is 0 Å². The van der Waals surface area contributed by atoms with E-state index >= 15 is 0 Å². The van der Waals surface area contributed by atoms with Crippen LogP contribution in [0.2, 0.25) is 0 Å². The van der Waals surface area contributed by atoms with Gasteiger partial charge in [0, 0.05) is 25.0 Å². The predicted octanol–water partition coefficient (Wildman–Crippen LogP) is 0.0606. The van der Waals surface area contributed by atoms with Gasteiger partial charge in [-0.25, -0.2) is 4.98 Å². The van der Waals surface area contributed by atoms with Gasteiger partial charge in [-0.3, -0.25) is 19.5 Å². The van der Waals surface area contributed by atoms with Crippen molar-refractivity contribution in [2.24, 2.45) is 0 Å².